The van der Waals surface area contributed by atoms with E-state index in [9.17, 15) is 28.3 Å². The zero-order valence-electron chi connectivity index (χ0n) is 26.2. The predicted molar refractivity (Wildman–Crippen MR) is 162 cm³/mol. The van der Waals surface area contributed by atoms with Crippen LogP contribution in [0, 0.1) is 11.6 Å². The smallest absolute Gasteiger partial charge is 0.411 e. The molecule has 0 aromatic heterocycles. The number of carbonyl (C=O) groups excluding carboxylic acids is 3. The van der Waals surface area contributed by atoms with E-state index in [1.54, 1.807) is 47.6 Å². The highest BCUT2D eigenvalue weighted by Crippen LogP contribution is 2.28. The van der Waals surface area contributed by atoms with Crippen LogP contribution in [0.5, 0.6) is 0 Å². The second kappa shape index (κ2) is 14.2. The second-order valence-corrected chi connectivity index (χ2v) is 12.9. The molecule has 1 saturated heterocycles. The first-order valence-electron chi connectivity index (χ1n) is 14.5. The molecule has 2 aromatic rings. The molecule has 0 bridgehead atoms. The van der Waals surface area contributed by atoms with Crippen molar-refractivity contribution in [2.75, 3.05) is 6.54 Å². The zero-order valence-corrected chi connectivity index (χ0v) is 26.2. The van der Waals surface area contributed by atoms with Crippen LogP contribution in [0.25, 0.3) is 0 Å². The van der Waals surface area contributed by atoms with Gasteiger partial charge in [0.15, 0.2) is 0 Å². The molecule has 44 heavy (non-hydrogen) atoms. The first kappa shape index (κ1) is 34.5. The van der Waals surface area contributed by atoms with E-state index in [-0.39, 0.29) is 31.5 Å². The number of hydrogen-bond donors (Lipinski definition) is 2. The highest BCUT2D eigenvalue weighted by molar-refractivity contribution is 5.88. The number of amides is 3. The Bertz CT molecular complexity index is 1300. The second-order valence-electron chi connectivity index (χ2n) is 12.9. The van der Waals surface area contributed by atoms with Gasteiger partial charge in [-0.15, -0.1) is 6.58 Å². The molecule has 11 heteroatoms. The normalized spacial score (nSPS) is 18.8. The highest BCUT2D eigenvalue weighted by atomic mass is 19.1. The summed E-state index contributed by atoms with van der Waals surface area (Å²) in [4.78, 5) is 43.5. The third-order valence-corrected chi connectivity index (χ3v) is 6.76. The number of halogens is 2. The number of rotatable bonds is 9. The molecule has 0 spiro atoms. The molecular formula is C33H43F2N3O6. The number of alkyl carbamates (subject to hydrolysis) is 1. The minimum absolute atomic E-state index is 0.110. The van der Waals surface area contributed by atoms with Gasteiger partial charge in [0.25, 0.3) is 0 Å². The van der Waals surface area contributed by atoms with Crippen LogP contribution in [0.3, 0.4) is 0 Å². The SMILES string of the molecule is C=CC[C@@H]1CN(Cc2ccccc2)C(=O)[C@H]([C@@H](O)[C@H](Cc2cc(F)cc(F)c2)NC(=O)OC(C)(C)C)N1C(=O)OC(C)(C)C. The van der Waals surface area contributed by atoms with Crippen molar-refractivity contribution in [1.82, 2.24) is 15.1 Å². The Hall–Kier alpha value is -3.99. The lowest BCUT2D eigenvalue weighted by Gasteiger charge is -2.48. The average Bonchev–Trinajstić information content (AvgIpc) is 2.87. The maximum atomic E-state index is 14.2. The molecule has 3 rings (SSSR count). The van der Waals surface area contributed by atoms with E-state index >= 15 is 0 Å². The fourth-order valence-corrected chi connectivity index (χ4v) is 5.10. The predicted octanol–water partition coefficient (Wildman–Crippen LogP) is 5.35. The van der Waals surface area contributed by atoms with Crippen molar-refractivity contribution in [3.05, 3.63) is 83.9 Å². The summed E-state index contributed by atoms with van der Waals surface area (Å²) in [6.45, 7) is 14.1. The van der Waals surface area contributed by atoms with E-state index < -0.39 is 65.2 Å². The lowest BCUT2D eigenvalue weighted by atomic mass is 9.91. The van der Waals surface area contributed by atoms with E-state index in [1.807, 2.05) is 30.3 Å². The van der Waals surface area contributed by atoms with Crippen LogP contribution in [0.4, 0.5) is 18.4 Å². The molecule has 2 aromatic carbocycles. The topological polar surface area (TPSA) is 108 Å². The van der Waals surface area contributed by atoms with Crippen molar-refractivity contribution < 1.29 is 37.7 Å². The third-order valence-electron chi connectivity index (χ3n) is 6.76. The number of benzene rings is 2. The minimum atomic E-state index is -1.75. The van der Waals surface area contributed by atoms with Crippen LogP contribution < -0.4 is 5.32 Å². The molecule has 1 aliphatic rings. The molecule has 0 saturated carbocycles. The summed E-state index contributed by atoms with van der Waals surface area (Å²) in [6, 6.07) is 8.57. The molecule has 1 fully saturated rings. The first-order valence-corrected chi connectivity index (χ1v) is 14.5. The fourth-order valence-electron chi connectivity index (χ4n) is 5.10. The number of aliphatic hydroxyl groups excluding tert-OH is 1. The molecule has 240 valence electrons. The fraction of sp³-hybridized carbons (Fsp3) is 0.485. The molecule has 9 nitrogen and oxygen atoms in total. The van der Waals surface area contributed by atoms with Gasteiger partial charge in [-0.1, -0.05) is 36.4 Å². The molecule has 3 amide bonds. The third kappa shape index (κ3) is 9.77. The Morgan fingerprint density at radius 1 is 1.02 bits per heavy atom. The molecule has 1 heterocycles. The van der Waals surface area contributed by atoms with Gasteiger partial charge in [0.1, 0.15) is 35.0 Å². The Morgan fingerprint density at radius 3 is 2.16 bits per heavy atom. The molecule has 4 atom stereocenters. The largest absolute Gasteiger partial charge is 0.444 e. The molecule has 2 N–H and O–H groups in total. The first-order chi connectivity index (χ1) is 20.5. The van der Waals surface area contributed by atoms with Crippen molar-refractivity contribution >= 4 is 18.1 Å². The Morgan fingerprint density at radius 2 is 1.61 bits per heavy atom. The van der Waals surface area contributed by atoms with Gasteiger partial charge in [-0.05, 0) is 77.6 Å². The van der Waals surface area contributed by atoms with Gasteiger partial charge in [-0.2, -0.15) is 0 Å². The van der Waals surface area contributed by atoms with Crippen molar-refractivity contribution in [3.8, 4) is 0 Å². The van der Waals surface area contributed by atoms with Gasteiger partial charge >= 0.3 is 12.2 Å². The number of nitrogens with one attached hydrogen (secondary N) is 1. The van der Waals surface area contributed by atoms with Crippen molar-refractivity contribution in [1.29, 1.82) is 0 Å². The zero-order chi connectivity index (χ0) is 32.8. The highest BCUT2D eigenvalue weighted by Gasteiger charge is 2.50. The lowest BCUT2D eigenvalue weighted by molar-refractivity contribution is -0.152. The van der Waals surface area contributed by atoms with Crippen LogP contribution in [-0.4, -0.2) is 75.0 Å². The number of hydrogen-bond acceptors (Lipinski definition) is 6. The number of ether oxygens (including phenoxy) is 2. The summed E-state index contributed by atoms with van der Waals surface area (Å²) in [5.74, 6) is -2.29. The number of piperazine rings is 1. The van der Waals surface area contributed by atoms with Crippen LogP contribution >= 0.6 is 0 Å². The quantitative estimate of drug-likeness (QED) is 0.368. The van der Waals surface area contributed by atoms with Crippen LogP contribution in [0.15, 0.2) is 61.2 Å². The number of nitrogens with zero attached hydrogens (tertiary/aromatic N) is 2. The summed E-state index contributed by atoms with van der Waals surface area (Å²) < 4.78 is 39.4. The number of carbonyl (C=O) groups is 3. The minimum Gasteiger partial charge on any atom is -0.444 e. The maximum Gasteiger partial charge on any atom is 0.411 e. The Balaban J connectivity index is 2.10. The summed E-state index contributed by atoms with van der Waals surface area (Å²) >= 11 is 0. The van der Waals surface area contributed by atoms with Gasteiger partial charge in [0.2, 0.25) is 5.91 Å². The van der Waals surface area contributed by atoms with Crippen LogP contribution in [0.2, 0.25) is 0 Å². The average molecular weight is 616 g/mol. The summed E-state index contributed by atoms with van der Waals surface area (Å²) in [6.07, 6.45) is -1.93. The molecule has 0 unspecified atom stereocenters. The van der Waals surface area contributed by atoms with Crippen molar-refractivity contribution in [2.45, 2.75) is 96.4 Å². The van der Waals surface area contributed by atoms with Gasteiger partial charge in [-0.25, -0.2) is 18.4 Å². The van der Waals surface area contributed by atoms with Crippen molar-refractivity contribution in [3.63, 3.8) is 0 Å². The van der Waals surface area contributed by atoms with E-state index in [1.165, 1.54) is 9.80 Å². The standard InChI is InChI=1S/C33H43F2N3O6/c1-8-12-25-20-37(19-21-13-10-9-11-14-21)29(40)27(38(25)31(42)44-33(5,6)7)28(39)26(36-30(41)43-32(2,3)4)17-22-15-23(34)18-24(35)16-22/h8-11,13-16,18,25-28,39H,1,12,17,19-20H2,2-7H3,(H,36,41)/t25-,26+,27+,28+/m1/s1. The Kier molecular flexibility index (Phi) is 11.1. The van der Waals surface area contributed by atoms with Gasteiger partial charge in [0, 0.05) is 19.2 Å². The molecule has 0 radical (unpaired) electrons. The molecule has 0 aliphatic carbocycles. The monoisotopic (exact) mass is 615 g/mol. The van der Waals surface area contributed by atoms with E-state index in [2.05, 4.69) is 11.9 Å². The van der Waals surface area contributed by atoms with E-state index in [0.29, 0.717) is 6.07 Å². The van der Waals surface area contributed by atoms with Crippen molar-refractivity contribution in [2.24, 2.45) is 0 Å². The van der Waals surface area contributed by atoms with Crippen LogP contribution in [-0.2, 0) is 27.2 Å². The number of aliphatic hydroxyl groups is 1. The van der Waals surface area contributed by atoms with Gasteiger partial charge in [0.05, 0.1) is 12.1 Å². The summed E-state index contributed by atoms with van der Waals surface area (Å²) in [7, 11) is 0. The van der Waals surface area contributed by atoms with E-state index in [4.69, 9.17) is 9.47 Å². The van der Waals surface area contributed by atoms with Gasteiger partial charge < -0.3 is 24.8 Å². The molecular weight excluding hydrogens is 572 g/mol. The summed E-state index contributed by atoms with van der Waals surface area (Å²) in [5, 5.41) is 14.5. The molecule has 1 aliphatic heterocycles. The maximum absolute atomic E-state index is 14.2. The van der Waals surface area contributed by atoms with E-state index in [0.717, 1.165) is 17.7 Å². The Labute approximate surface area is 257 Å². The summed E-state index contributed by atoms with van der Waals surface area (Å²) in [5.41, 5.74) is -0.896. The van der Waals surface area contributed by atoms with Crippen LogP contribution in [0.1, 0.15) is 59.1 Å². The van der Waals surface area contributed by atoms with Gasteiger partial charge in [-0.3, -0.25) is 9.69 Å². The lowest BCUT2D eigenvalue weighted by Crippen LogP contribution is -2.69.